The van der Waals surface area contributed by atoms with Crippen LogP contribution >= 0.6 is 15.9 Å². The molecule has 3 aromatic rings. The van der Waals surface area contributed by atoms with E-state index in [1.165, 1.54) is 24.4 Å². The number of carbonyl (C=O) groups is 2. The van der Waals surface area contributed by atoms with Gasteiger partial charge in [-0.3, -0.25) is 9.59 Å². The van der Waals surface area contributed by atoms with E-state index in [0.717, 1.165) is 15.6 Å². The van der Waals surface area contributed by atoms with Crippen molar-refractivity contribution in [3.8, 4) is 5.75 Å². The number of para-hydroxylation sites is 1. The summed E-state index contributed by atoms with van der Waals surface area (Å²) in [6.07, 6.45) is 1.32. The zero-order chi connectivity index (χ0) is 22.8. The molecule has 0 aliphatic rings. The number of hydrogen-bond donors (Lipinski definition) is 2. The van der Waals surface area contributed by atoms with Crippen molar-refractivity contribution >= 4 is 39.6 Å². The van der Waals surface area contributed by atoms with Crippen LogP contribution in [0.25, 0.3) is 0 Å². The van der Waals surface area contributed by atoms with Crippen molar-refractivity contribution in [3.63, 3.8) is 0 Å². The maximum atomic E-state index is 13.5. The lowest BCUT2D eigenvalue weighted by molar-refractivity contribution is -0.124. The molecule has 0 aromatic heterocycles. The van der Waals surface area contributed by atoms with Crippen LogP contribution in [0.5, 0.6) is 5.75 Å². The molecule has 3 rings (SSSR count). The van der Waals surface area contributed by atoms with E-state index in [1.807, 2.05) is 48.5 Å². The van der Waals surface area contributed by atoms with E-state index in [2.05, 4.69) is 31.8 Å². The number of nitrogens with one attached hydrogen (secondary N) is 2. The molecule has 0 aliphatic heterocycles. The molecule has 0 saturated carbocycles. The topological polar surface area (TPSA) is 79.8 Å². The van der Waals surface area contributed by atoms with Crippen molar-refractivity contribution in [2.45, 2.75) is 19.4 Å². The average Bonchev–Trinajstić information content (AvgIpc) is 2.79. The normalized spacial score (nSPS) is 10.7. The largest absolute Gasteiger partial charge is 0.488 e. The summed E-state index contributed by atoms with van der Waals surface area (Å²) in [7, 11) is 0. The second-order valence-electron chi connectivity index (χ2n) is 6.79. The van der Waals surface area contributed by atoms with Gasteiger partial charge in [0.25, 0.3) is 0 Å². The van der Waals surface area contributed by atoms with Gasteiger partial charge in [0, 0.05) is 12.8 Å². The van der Waals surface area contributed by atoms with Gasteiger partial charge in [-0.1, -0.05) is 42.5 Å². The number of benzene rings is 3. The van der Waals surface area contributed by atoms with Crippen molar-refractivity contribution in [3.05, 3.63) is 94.2 Å². The Balaban J connectivity index is 1.42. The van der Waals surface area contributed by atoms with Crippen LogP contribution in [-0.4, -0.2) is 18.0 Å². The minimum atomic E-state index is -0.530. The van der Waals surface area contributed by atoms with Gasteiger partial charge in [0.1, 0.15) is 18.2 Å². The highest BCUT2D eigenvalue weighted by Gasteiger charge is 2.09. The first-order chi connectivity index (χ1) is 15.5. The first-order valence-corrected chi connectivity index (χ1v) is 10.6. The summed E-state index contributed by atoms with van der Waals surface area (Å²) < 4.78 is 20.1. The number of ether oxygens (including phenoxy) is 1. The highest BCUT2D eigenvalue weighted by Crippen LogP contribution is 2.26. The zero-order valence-electron chi connectivity index (χ0n) is 17.1. The SMILES string of the molecule is O=C(CCC(=O)Nc1ccccc1F)NN=Cc1ccc(OCc2ccccc2)c(Br)c1. The van der Waals surface area contributed by atoms with Crippen LogP contribution in [0.3, 0.4) is 0 Å². The first kappa shape index (κ1) is 23.1. The number of anilines is 1. The summed E-state index contributed by atoms with van der Waals surface area (Å²) in [6.45, 7) is 0.452. The fourth-order valence-electron chi connectivity index (χ4n) is 2.69. The molecule has 0 atom stereocenters. The van der Waals surface area contributed by atoms with Crippen LogP contribution in [0, 0.1) is 5.82 Å². The zero-order valence-corrected chi connectivity index (χ0v) is 18.6. The minimum Gasteiger partial charge on any atom is -0.488 e. The lowest BCUT2D eigenvalue weighted by Crippen LogP contribution is -2.20. The molecule has 8 heteroatoms. The Morgan fingerprint density at radius 2 is 1.69 bits per heavy atom. The maximum absolute atomic E-state index is 13.5. The molecule has 2 N–H and O–H groups in total. The molecule has 0 aliphatic carbocycles. The van der Waals surface area contributed by atoms with E-state index in [4.69, 9.17) is 4.74 Å². The van der Waals surface area contributed by atoms with Crippen LogP contribution < -0.4 is 15.5 Å². The molecule has 0 radical (unpaired) electrons. The fourth-order valence-corrected chi connectivity index (χ4v) is 3.20. The van der Waals surface area contributed by atoms with Crippen molar-refractivity contribution in [1.29, 1.82) is 0 Å². The van der Waals surface area contributed by atoms with Gasteiger partial charge < -0.3 is 10.1 Å². The van der Waals surface area contributed by atoms with Gasteiger partial charge in [0.2, 0.25) is 11.8 Å². The minimum absolute atomic E-state index is 0.0758. The number of rotatable bonds is 9. The third-order valence-electron chi connectivity index (χ3n) is 4.32. The second-order valence-corrected chi connectivity index (χ2v) is 7.64. The van der Waals surface area contributed by atoms with Crippen LogP contribution in [-0.2, 0) is 16.2 Å². The Kier molecular flexibility index (Phi) is 8.51. The maximum Gasteiger partial charge on any atom is 0.240 e. The molecule has 0 fully saturated rings. The summed E-state index contributed by atoms with van der Waals surface area (Å²) in [6, 6.07) is 21.1. The van der Waals surface area contributed by atoms with E-state index in [1.54, 1.807) is 6.07 Å². The lowest BCUT2D eigenvalue weighted by Gasteiger charge is -2.09. The van der Waals surface area contributed by atoms with Gasteiger partial charge in [-0.15, -0.1) is 0 Å². The molecule has 0 bridgehead atoms. The van der Waals surface area contributed by atoms with E-state index in [0.29, 0.717) is 12.4 Å². The monoisotopic (exact) mass is 497 g/mol. The van der Waals surface area contributed by atoms with E-state index >= 15 is 0 Å². The van der Waals surface area contributed by atoms with Gasteiger partial charge in [0.05, 0.1) is 16.4 Å². The smallest absolute Gasteiger partial charge is 0.240 e. The molecular formula is C24H21BrFN3O3. The summed E-state index contributed by atoms with van der Waals surface area (Å²) in [5.74, 6) is -0.718. The van der Waals surface area contributed by atoms with Gasteiger partial charge >= 0.3 is 0 Å². The molecule has 6 nitrogen and oxygen atoms in total. The Labute approximate surface area is 193 Å². The number of nitrogens with zero attached hydrogens (tertiary/aromatic N) is 1. The number of carbonyl (C=O) groups excluding carboxylic acids is 2. The predicted molar refractivity (Wildman–Crippen MR) is 125 cm³/mol. The molecule has 0 spiro atoms. The summed E-state index contributed by atoms with van der Waals surface area (Å²) in [5, 5.41) is 6.33. The highest BCUT2D eigenvalue weighted by molar-refractivity contribution is 9.10. The predicted octanol–water partition coefficient (Wildman–Crippen LogP) is 5.04. The summed E-state index contributed by atoms with van der Waals surface area (Å²) in [4.78, 5) is 23.8. The van der Waals surface area contributed by atoms with Gasteiger partial charge in [-0.2, -0.15) is 5.10 Å². The van der Waals surface area contributed by atoms with Gasteiger partial charge in [-0.05, 0) is 57.4 Å². The van der Waals surface area contributed by atoms with Crippen molar-refractivity contribution in [1.82, 2.24) is 5.43 Å². The number of hydrazone groups is 1. The Morgan fingerprint density at radius 1 is 0.969 bits per heavy atom. The van der Waals surface area contributed by atoms with Gasteiger partial charge in [-0.25, -0.2) is 9.82 Å². The number of halogens is 2. The van der Waals surface area contributed by atoms with Gasteiger partial charge in [0.15, 0.2) is 0 Å². The Morgan fingerprint density at radius 3 is 2.44 bits per heavy atom. The molecule has 32 heavy (non-hydrogen) atoms. The van der Waals surface area contributed by atoms with E-state index in [-0.39, 0.29) is 18.5 Å². The standard InChI is InChI=1S/C24H21BrFN3O3/c25-19-14-18(10-11-22(19)32-16-17-6-2-1-3-7-17)15-27-29-24(31)13-12-23(30)28-21-9-5-4-8-20(21)26/h1-11,14-15H,12-13,16H2,(H,28,30)(H,29,31). The van der Waals surface area contributed by atoms with Crippen LogP contribution in [0.15, 0.2) is 82.4 Å². The van der Waals surface area contributed by atoms with Crippen LogP contribution in [0.1, 0.15) is 24.0 Å². The third kappa shape index (κ3) is 7.31. The quantitative estimate of drug-likeness (QED) is 0.321. The summed E-state index contributed by atoms with van der Waals surface area (Å²) >= 11 is 3.47. The first-order valence-electron chi connectivity index (χ1n) is 9.84. The summed E-state index contributed by atoms with van der Waals surface area (Å²) in [5.41, 5.74) is 4.27. The molecule has 0 saturated heterocycles. The van der Waals surface area contributed by atoms with Crippen LogP contribution in [0.4, 0.5) is 10.1 Å². The van der Waals surface area contributed by atoms with Crippen molar-refractivity contribution in [2.75, 3.05) is 5.32 Å². The Bertz CT molecular complexity index is 1110. The molecule has 0 heterocycles. The lowest BCUT2D eigenvalue weighted by atomic mass is 10.2. The highest BCUT2D eigenvalue weighted by atomic mass is 79.9. The second kappa shape index (κ2) is 11.8. The molecule has 0 unspecified atom stereocenters. The van der Waals surface area contributed by atoms with E-state index in [9.17, 15) is 14.0 Å². The molecular weight excluding hydrogens is 477 g/mol. The molecule has 164 valence electrons. The average molecular weight is 498 g/mol. The van der Waals surface area contributed by atoms with Crippen LogP contribution in [0.2, 0.25) is 0 Å². The number of amides is 2. The Hall–Kier alpha value is -3.52. The number of hydrogen-bond acceptors (Lipinski definition) is 4. The third-order valence-corrected chi connectivity index (χ3v) is 4.94. The molecule has 3 aromatic carbocycles. The van der Waals surface area contributed by atoms with E-state index < -0.39 is 17.6 Å². The fraction of sp³-hybridized carbons (Fsp3) is 0.125. The van der Waals surface area contributed by atoms with Crippen molar-refractivity contribution in [2.24, 2.45) is 5.10 Å². The molecule has 2 amide bonds. The van der Waals surface area contributed by atoms with Crippen molar-refractivity contribution < 1.29 is 18.7 Å².